The van der Waals surface area contributed by atoms with Gasteiger partial charge in [-0.3, -0.25) is 14.3 Å². The third-order valence-corrected chi connectivity index (χ3v) is 4.55. The third kappa shape index (κ3) is 5.57. The zero-order valence-electron chi connectivity index (χ0n) is 17.4. The topological polar surface area (TPSA) is 102 Å². The van der Waals surface area contributed by atoms with Crippen molar-refractivity contribution in [2.45, 2.75) is 27.0 Å². The van der Waals surface area contributed by atoms with Crippen LogP contribution in [0.15, 0.2) is 60.7 Å². The van der Waals surface area contributed by atoms with Crippen molar-refractivity contribution in [2.24, 2.45) is 0 Å². The number of hydrogen-bond donors (Lipinski definition) is 2. The van der Waals surface area contributed by atoms with Gasteiger partial charge in [0.1, 0.15) is 18.8 Å². The number of aromatic nitrogens is 2. The summed E-state index contributed by atoms with van der Waals surface area (Å²) >= 11 is 0. The van der Waals surface area contributed by atoms with Crippen molar-refractivity contribution in [2.75, 3.05) is 11.9 Å². The van der Waals surface area contributed by atoms with Crippen LogP contribution in [0.25, 0.3) is 0 Å². The number of nitrogens with zero attached hydrogens (tertiary/aromatic N) is 2. The molecule has 31 heavy (non-hydrogen) atoms. The van der Waals surface area contributed by atoms with E-state index in [4.69, 9.17) is 4.74 Å². The van der Waals surface area contributed by atoms with E-state index in [9.17, 15) is 14.4 Å². The Bertz CT molecular complexity index is 1060. The number of ketones is 1. The van der Waals surface area contributed by atoms with Gasteiger partial charge in [-0.15, -0.1) is 0 Å². The van der Waals surface area contributed by atoms with Crippen LogP contribution in [0.4, 0.5) is 10.5 Å². The van der Waals surface area contributed by atoms with Gasteiger partial charge < -0.3 is 15.4 Å². The highest BCUT2D eigenvalue weighted by atomic mass is 16.5. The van der Waals surface area contributed by atoms with Crippen molar-refractivity contribution in [3.8, 4) is 0 Å². The van der Waals surface area contributed by atoms with Crippen LogP contribution in [0, 0.1) is 6.92 Å². The van der Waals surface area contributed by atoms with Crippen molar-refractivity contribution in [3.05, 3.63) is 83.2 Å². The van der Waals surface area contributed by atoms with Crippen molar-refractivity contribution in [3.63, 3.8) is 0 Å². The van der Waals surface area contributed by atoms with Crippen LogP contribution in [0.1, 0.15) is 34.2 Å². The SMILES string of the molecule is CCn1nc(C)c(NC(=O)CNC(=O)OCc2ccccc2)c1C(=O)c1ccccc1. The molecule has 0 aliphatic carbocycles. The summed E-state index contributed by atoms with van der Waals surface area (Å²) in [6.07, 6.45) is -0.708. The average molecular weight is 420 g/mol. The second-order valence-electron chi connectivity index (χ2n) is 6.78. The van der Waals surface area contributed by atoms with Crippen molar-refractivity contribution in [1.82, 2.24) is 15.1 Å². The normalized spacial score (nSPS) is 10.4. The summed E-state index contributed by atoms with van der Waals surface area (Å²) in [5.41, 5.74) is 2.48. The largest absolute Gasteiger partial charge is 0.445 e. The van der Waals surface area contributed by atoms with E-state index >= 15 is 0 Å². The van der Waals surface area contributed by atoms with E-state index in [1.165, 1.54) is 0 Å². The van der Waals surface area contributed by atoms with Gasteiger partial charge in [0.25, 0.3) is 0 Å². The first-order chi connectivity index (χ1) is 15.0. The number of amides is 2. The molecular weight excluding hydrogens is 396 g/mol. The van der Waals surface area contributed by atoms with E-state index in [1.807, 2.05) is 43.3 Å². The number of aryl methyl sites for hydroxylation is 2. The van der Waals surface area contributed by atoms with Crippen LogP contribution in [0.3, 0.4) is 0 Å². The molecule has 0 atom stereocenters. The molecule has 8 heteroatoms. The van der Waals surface area contributed by atoms with Gasteiger partial charge >= 0.3 is 6.09 Å². The number of rotatable bonds is 8. The van der Waals surface area contributed by atoms with E-state index in [-0.39, 0.29) is 18.9 Å². The molecule has 3 aromatic rings. The number of alkyl carbamates (subject to hydrolysis) is 1. The molecule has 0 saturated carbocycles. The zero-order valence-corrected chi connectivity index (χ0v) is 17.4. The lowest BCUT2D eigenvalue weighted by molar-refractivity contribution is -0.115. The fourth-order valence-electron chi connectivity index (χ4n) is 3.03. The number of carbonyl (C=O) groups excluding carboxylic acids is 3. The lowest BCUT2D eigenvalue weighted by Crippen LogP contribution is -2.33. The van der Waals surface area contributed by atoms with Crippen molar-refractivity contribution < 1.29 is 19.1 Å². The molecule has 160 valence electrons. The van der Waals surface area contributed by atoms with Gasteiger partial charge in [-0.05, 0) is 19.4 Å². The molecule has 0 radical (unpaired) electrons. The number of carbonyl (C=O) groups is 3. The number of nitrogens with one attached hydrogen (secondary N) is 2. The standard InChI is InChI=1S/C23H24N4O4/c1-3-27-21(22(29)18-12-8-5-9-13-18)20(16(2)26-27)25-19(28)14-24-23(30)31-15-17-10-6-4-7-11-17/h4-13H,3,14-15H2,1-2H3,(H,24,30)(H,25,28). The molecule has 0 bridgehead atoms. The second kappa shape index (κ2) is 10.2. The minimum atomic E-state index is -0.708. The molecule has 0 spiro atoms. The number of anilines is 1. The Balaban J connectivity index is 1.64. The van der Waals surface area contributed by atoms with E-state index < -0.39 is 12.0 Å². The summed E-state index contributed by atoms with van der Waals surface area (Å²) in [5.74, 6) is -0.730. The molecule has 0 saturated heterocycles. The van der Waals surface area contributed by atoms with E-state index in [1.54, 1.807) is 35.9 Å². The predicted octanol–water partition coefficient (Wildman–Crippen LogP) is 3.31. The number of benzene rings is 2. The highest BCUT2D eigenvalue weighted by molar-refractivity contribution is 6.13. The minimum absolute atomic E-state index is 0.104. The van der Waals surface area contributed by atoms with Gasteiger partial charge in [0, 0.05) is 12.1 Å². The Morgan fingerprint density at radius 1 is 1.00 bits per heavy atom. The molecule has 3 rings (SSSR count). The van der Waals surface area contributed by atoms with Crippen molar-refractivity contribution >= 4 is 23.5 Å². The lowest BCUT2D eigenvalue weighted by Gasteiger charge is -2.10. The highest BCUT2D eigenvalue weighted by Gasteiger charge is 2.23. The fraction of sp³-hybridized carbons (Fsp3) is 0.217. The summed E-state index contributed by atoms with van der Waals surface area (Å²) in [4.78, 5) is 37.3. The first-order valence-corrected chi connectivity index (χ1v) is 9.91. The average Bonchev–Trinajstić information content (AvgIpc) is 3.12. The smallest absolute Gasteiger partial charge is 0.407 e. The minimum Gasteiger partial charge on any atom is -0.445 e. The first-order valence-electron chi connectivity index (χ1n) is 9.91. The zero-order chi connectivity index (χ0) is 22.2. The van der Waals surface area contributed by atoms with Crippen LogP contribution in [-0.4, -0.2) is 34.1 Å². The molecule has 0 fully saturated rings. The van der Waals surface area contributed by atoms with Crippen LogP contribution in [0.5, 0.6) is 0 Å². The van der Waals surface area contributed by atoms with E-state index in [0.29, 0.717) is 29.2 Å². The van der Waals surface area contributed by atoms with Gasteiger partial charge in [-0.25, -0.2) is 4.79 Å². The van der Waals surface area contributed by atoms with Crippen LogP contribution >= 0.6 is 0 Å². The Labute approximate surface area is 180 Å². The molecule has 1 heterocycles. The molecular formula is C23H24N4O4. The van der Waals surface area contributed by atoms with Crippen molar-refractivity contribution in [1.29, 1.82) is 0 Å². The van der Waals surface area contributed by atoms with Gasteiger partial charge in [-0.1, -0.05) is 60.7 Å². The quantitative estimate of drug-likeness (QED) is 0.545. The highest BCUT2D eigenvalue weighted by Crippen LogP contribution is 2.23. The lowest BCUT2D eigenvalue weighted by atomic mass is 10.1. The maximum absolute atomic E-state index is 13.0. The van der Waals surface area contributed by atoms with Gasteiger partial charge in [-0.2, -0.15) is 5.10 Å². The fourth-order valence-corrected chi connectivity index (χ4v) is 3.03. The number of hydrogen-bond acceptors (Lipinski definition) is 5. The summed E-state index contributed by atoms with van der Waals surface area (Å²) < 4.78 is 6.65. The summed E-state index contributed by atoms with van der Waals surface area (Å²) in [7, 11) is 0. The summed E-state index contributed by atoms with van der Waals surface area (Å²) in [6.45, 7) is 3.85. The maximum atomic E-state index is 13.0. The molecule has 1 aromatic heterocycles. The first kappa shape index (κ1) is 21.8. The molecule has 2 N–H and O–H groups in total. The van der Waals surface area contributed by atoms with E-state index in [0.717, 1.165) is 5.56 Å². The van der Waals surface area contributed by atoms with Gasteiger partial charge in [0.05, 0.1) is 11.4 Å². The maximum Gasteiger partial charge on any atom is 0.407 e. The molecule has 0 aliphatic rings. The Kier molecular flexibility index (Phi) is 7.16. The summed E-state index contributed by atoms with van der Waals surface area (Å²) in [6, 6.07) is 18.0. The monoisotopic (exact) mass is 420 g/mol. The number of ether oxygens (including phenoxy) is 1. The Hall–Kier alpha value is -3.94. The van der Waals surface area contributed by atoms with Gasteiger partial charge in [0.2, 0.25) is 11.7 Å². The van der Waals surface area contributed by atoms with Crippen LogP contribution in [-0.2, 0) is 22.7 Å². The molecule has 8 nitrogen and oxygen atoms in total. The summed E-state index contributed by atoms with van der Waals surface area (Å²) in [5, 5.41) is 9.46. The molecule has 2 amide bonds. The van der Waals surface area contributed by atoms with Crippen LogP contribution in [0.2, 0.25) is 0 Å². The van der Waals surface area contributed by atoms with Crippen LogP contribution < -0.4 is 10.6 Å². The Morgan fingerprint density at radius 2 is 1.65 bits per heavy atom. The molecule has 0 unspecified atom stereocenters. The molecule has 2 aromatic carbocycles. The predicted molar refractivity (Wildman–Crippen MR) is 116 cm³/mol. The second-order valence-corrected chi connectivity index (χ2v) is 6.78. The molecule has 0 aliphatic heterocycles. The van der Waals surface area contributed by atoms with E-state index in [2.05, 4.69) is 15.7 Å². The third-order valence-electron chi connectivity index (χ3n) is 4.55. The Morgan fingerprint density at radius 3 is 2.29 bits per heavy atom. The van der Waals surface area contributed by atoms with Gasteiger partial charge in [0.15, 0.2) is 0 Å².